The summed E-state index contributed by atoms with van der Waals surface area (Å²) >= 11 is 5.94. The van der Waals surface area contributed by atoms with Gasteiger partial charge in [0.15, 0.2) is 0 Å². The minimum Gasteiger partial charge on any atom is -0.486 e. The van der Waals surface area contributed by atoms with Gasteiger partial charge in [0.1, 0.15) is 11.4 Å². The van der Waals surface area contributed by atoms with Crippen molar-refractivity contribution in [1.29, 1.82) is 0 Å². The summed E-state index contributed by atoms with van der Waals surface area (Å²) in [7, 11) is 0. The third-order valence-electron chi connectivity index (χ3n) is 2.01. The molecule has 0 saturated carbocycles. The van der Waals surface area contributed by atoms with E-state index >= 15 is 0 Å². The van der Waals surface area contributed by atoms with Crippen LogP contribution in [0.4, 0.5) is 0 Å². The Morgan fingerprint density at radius 2 is 2.23 bits per heavy atom. The molecule has 13 heavy (non-hydrogen) atoms. The predicted octanol–water partition coefficient (Wildman–Crippen LogP) is 3.71. The van der Waals surface area contributed by atoms with Crippen molar-refractivity contribution in [2.75, 3.05) is 0 Å². The average molecular weight is 198 g/mol. The lowest BCUT2D eigenvalue weighted by molar-refractivity contribution is 0.105. The average Bonchev–Trinajstić information content (AvgIpc) is 2.09. The molecule has 0 N–H and O–H groups in total. The molecule has 0 unspecified atom stereocenters. The zero-order chi connectivity index (χ0) is 9.90. The molecule has 0 fully saturated rings. The first-order valence-corrected chi connectivity index (χ1v) is 4.77. The molecule has 1 nitrogen and oxygen atoms in total. The van der Waals surface area contributed by atoms with Crippen LogP contribution in [0.2, 0.25) is 5.02 Å². The predicted molar refractivity (Wildman–Crippen MR) is 55.3 cm³/mol. The van der Waals surface area contributed by atoms with E-state index < -0.39 is 0 Å². The molecule has 71 valence electrons. The second kappa shape index (κ2) is 4.01. The van der Waals surface area contributed by atoms with Crippen molar-refractivity contribution in [1.82, 2.24) is 0 Å². The molecule has 0 aliphatic carbocycles. The number of hydrogen-bond acceptors (Lipinski definition) is 1. The van der Waals surface area contributed by atoms with Gasteiger partial charge in [-0.2, -0.15) is 0 Å². The summed E-state index contributed by atoms with van der Waals surface area (Å²) in [5, 5.41) is 0.639. The molecule has 2 heteroatoms. The van der Waals surface area contributed by atoms with Gasteiger partial charge in [0, 0.05) is 0 Å². The molecular weight excluding hydrogens is 184 g/mol. The third kappa shape index (κ3) is 2.92. The molecule has 0 spiro atoms. The van der Waals surface area contributed by atoms with Gasteiger partial charge < -0.3 is 4.74 Å². The van der Waals surface area contributed by atoms with Crippen LogP contribution in [0.5, 0.6) is 5.75 Å². The second-order valence-electron chi connectivity index (χ2n) is 3.57. The first-order valence-electron chi connectivity index (χ1n) is 4.40. The SMILES string of the molecule is CCC(C)(C)Oc1c[c]ccc1Cl. The van der Waals surface area contributed by atoms with Crippen molar-refractivity contribution in [3.63, 3.8) is 0 Å². The van der Waals surface area contributed by atoms with E-state index in [2.05, 4.69) is 13.0 Å². The van der Waals surface area contributed by atoms with Gasteiger partial charge in [-0.25, -0.2) is 0 Å². The lowest BCUT2D eigenvalue weighted by Gasteiger charge is -2.25. The fraction of sp³-hybridized carbons (Fsp3) is 0.455. The van der Waals surface area contributed by atoms with E-state index in [-0.39, 0.29) is 5.60 Å². The first kappa shape index (κ1) is 10.4. The van der Waals surface area contributed by atoms with Crippen LogP contribution in [0, 0.1) is 6.07 Å². The van der Waals surface area contributed by atoms with E-state index in [0.717, 1.165) is 6.42 Å². The standard InChI is InChI=1S/C11H14ClO/c1-4-11(2,3)13-10-8-6-5-7-9(10)12/h5,7-8H,4H2,1-3H3. The summed E-state index contributed by atoms with van der Waals surface area (Å²) < 4.78 is 5.72. The summed E-state index contributed by atoms with van der Waals surface area (Å²) in [6.45, 7) is 6.16. The monoisotopic (exact) mass is 197 g/mol. The third-order valence-corrected chi connectivity index (χ3v) is 2.33. The number of ether oxygens (including phenoxy) is 1. The van der Waals surface area contributed by atoms with E-state index in [0.29, 0.717) is 10.8 Å². The minimum absolute atomic E-state index is 0.168. The van der Waals surface area contributed by atoms with Crippen molar-refractivity contribution in [3.8, 4) is 5.75 Å². The summed E-state index contributed by atoms with van der Waals surface area (Å²) in [5.74, 6) is 0.705. The summed E-state index contributed by atoms with van der Waals surface area (Å²) in [6.07, 6.45) is 0.943. The van der Waals surface area contributed by atoms with E-state index in [1.165, 1.54) is 0 Å². The molecule has 1 radical (unpaired) electrons. The Bertz CT molecular complexity index is 281. The maximum Gasteiger partial charge on any atom is 0.139 e. The summed E-state index contributed by atoms with van der Waals surface area (Å²) in [5.41, 5.74) is -0.168. The molecule has 1 aromatic carbocycles. The van der Waals surface area contributed by atoms with Gasteiger partial charge >= 0.3 is 0 Å². The Morgan fingerprint density at radius 1 is 1.54 bits per heavy atom. The Kier molecular flexibility index (Phi) is 3.21. The largest absolute Gasteiger partial charge is 0.486 e. The molecule has 1 rings (SSSR count). The highest BCUT2D eigenvalue weighted by molar-refractivity contribution is 6.32. The molecule has 0 bridgehead atoms. The number of hydrogen-bond donors (Lipinski definition) is 0. The highest BCUT2D eigenvalue weighted by atomic mass is 35.5. The number of rotatable bonds is 3. The van der Waals surface area contributed by atoms with Crippen molar-refractivity contribution in [2.24, 2.45) is 0 Å². The van der Waals surface area contributed by atoms with Crippen LogP contribution in [0.1, 0.15) is 27.2 Å². The maximum absolute atomic E-state index is 5.94. The quantitative estimate of drug-likeness (QED) is 0.718. The van der Waals surface area contributed by atoms with E-state index in [4.69, 9.17) is 16.3 Å². The molecule has 0 aliphatic rings. The van der Waals surface area contributed by atoms with Crippen LogP contribution in [-0.2, 0) is 0 Å². The van der Waals surface area contributed by atoms with E-state index in [1.54, 1.807) is 18.2 Å². The normalized spacial score (nSPS) is 11.4. The lowest BCUT2D eigenvalue weighted by Crippen LogP contribution is -2.26. The highest BCUT2D eigenvalue weighted by Crippen LogP contribution is 2.27. The topological polar surface area (TPSA) is 9.23 Å². The second-order valence-corrected chi connectivity index (χ2v) is 3.98. The van der Waals surface area contributed by atoms with Crippen LogP contribution in [0.25, 0.3) is 0 Å². The Hall–Kier alpha value is -0.690. The van der Waals surface area contributed by atoms with Gasteiger partial charge in [-0.05, 0) is 38.5 Å². The van der Waals surface area contributed by atoms with Gasteiger partial charge in [-0.3, -0.25) is 0 Å². The Balaban J connectivity index is 2.80. The molecular formula is C11H14ClO. The fourth-order valence-electron chi connectivity index (χ4n) is 0.844. The maximum atomic E-state index is 5.94. The Morgan fingerprint density at radius 3 is 2.77 bits per heavy atom. The Labute approximate surface area is 84.7 Å². The molecule has 0 aliphatic heterocycles. The van der Waals surface area contributed by atoms with Gasteiger partial charge in [-0.1, -0.05) is 24.6 Å². The molecule has 0 heterocycles. The first-order chi connectivity index (χ1) is 6.05. The molecule has 0 aromatic heterocycles. The smallest absolute Gasteiger partial charge is 0.139 e. The zero-order valence-corrected chi connectivity index (χ0v) is 8.98. The van der Waals surface area contributed by atoms with Crippen LogP contribution in [0.3, 0.4) is 0 Å². The van der Waals surface area contributed by atoms with Crippen LogP contribution < -0.4 is 4.74 Å². The highest BCUT2D eigenvalue weighted by Gasteiger charge is 2.17. The minimum atomic E-state index is -0.168. The van der Waals surface area contributed by atoms with Gasteiger partial charge in [-0.15, -0.1) is 0 Å². The number of benzene rings is 1. The summed E-state index contributed by atoms with van der Waals surface area (Å²) in [6, 6.07) is 8.26. The molecule has 0 saturated heterocycles. The van der Waals surface area contributed by atoms with Gasteiger partial charge in [0.25, 0.3) is 0 Å². The van der Waals surface area contributed by atoms with E-state index in [1.807, 2.05) is 13.8 Å². The van der Waals surface area contributed by atoms with Crippen molar-refractivity contribution >= 4 is 11.6 Å². The van der Waals surface area contributed by atoms with Crippen LogP contribution >= 0.6 is 11.6 Å². The zero-order valence-electron chi connectivity index (χ0n) is 8.23. The van der Waals surface area contributed by atoms with Crippen molar-refractivity contribution in [2.45, 2.75) is 32.8 Å². The van der Waals surface area contributed by atoms with Gasteiger partial charge in [0.2, 0.25) is 0 Å². The van der Waals surface area contributed by atoms with Crippen molar-refractivity contribution in [3.05, 3.63) is 29.3 Å². The van der Waals surface area contributed by atoms with Crippen LogP contribution in [0.15, 0.2) is 18.2 Å². The van der Waals surface area contributed by atoms with Gasteiger partial charge in [0.05, 0.1) is 5.02 Å². The molecule has 1 aromatic rings. The van der Waals surface area contributed by atoms with Crippen LogP contribution in [-0.4, -0.2) is 5.60 Å². The lowest BCUT2D eigenvalue weighted by atomic mass is 10.1. The molecule has 0 amide bonds. The summed E-state index contributed by atoms with van der Waals surface area (Å²) in [4.78, 5) is 0. The fourth-order valence-corrected chi connectivity index (χ4v) is 1.00. The van der Waals surface area contributed by atoms with E-state index in [9.17, 15) is 0 Å². The number of halogens is 1. The van der Waals surface area contributed by atoms with Crippen molar-refractivity contribution < 1.29 is 4.74 Å². The molecule has 0 atom stereocenters.